The summed E-state index contributed by atoms with van der Waals surface area (Å²) in [5.41, 5.74) is 11.5. The van der Waals surface area contributed by atoms with Crippen molar-refractivity contribution >= 4 is 0 Å². The lowest BCUT2D eigenvalue weighted by molar-refractivity contribution is -0.673. The minimum Gasteiger partial charge on any atom is -0.197 e. The van der Waals surface area contributed by atoms with Gasteiger partial charge in [-0.25, -0.2) is 0 Å². The largest absolute Gasteiger partial charge is 0.216 e. The number of aromatic nitrogens is 1. The van der Waals surface area contributed by atoms with Crippen molar-refractivity contribution < 1.29 is 4.57 Å². The molecular weight excluding hydrogens is 362 g/mol. The molecular formula is C29H42N+. The Bertz CT molecular complexity index is 1020. The summed E-state index contributed by atoms with van der Waals surface area (Å²) < 4.78 is 2.61. The molecule has 162 valence electrons. The van der Waals surface area contributed by atoms with E-state index in [4.69, 9.17) is 0 Å². The van der Waals surface area contributed by atoms with E-state index in [1.54, 1.807) is 22.4 Å². The molecule has 0 aliphatic heterocycles. The number of hydrogen-bond donors (Lipinski definition) is 0. The second kappa shape index (κ2) is 6.44. The first kappa shape index (κ1) is 21.6. The number of nitrogens with zero attached hydrogens (tertiary/aromatic N) is 1. The fraction of sp³-hybridized carbons (Fsp3) is 0.621. The minimum atomic E-state index is 0.174. The van der Waals surface area contributed by atoms with E-state index in [1.807, 2.05) is 0 Å². The van der Waals surface area contributed by atoms with Crippen LogP contribution in [0.1, 0.15) is 109 Å². The van der Waals surface area contributed by atoms with Crippen molar-refractivity contribution in [3.8, 4) is 11.3 Å². The summed E-state index contributed by atoms with van der Waals surface area (Å²) in [6, 6.07) is 9.00. The number of pyridine rings is 1. The molecule has 1 heteroatoms. The molecule has 2 aromatic rings. The third kappa shape index (κ3) is 2.99. The van der Waals surface area contributed by atoms with Gasteiger partial charge in [-0.05, 0) is 79.9 Å². The van der Waals surface area contributed by atoms with Crippen LogP contribution in [-0.4, -0.2) is 0 Å². The zero-order valence-corrected chi connectivity index (χ0v) is 21.1. The molecule has 4 rings (SSSR count). The highest BCUT2D eigenvalue weighted by Gasteiger charge is 2.52. The van der Waals surface area contributed by atoms with Crippen molar-refractivity contribution in [2.24, 2.45) is 7.05 Å². The molecule has 0 saturated carbocycles. The molecule has 0 bridgehead atoms. The molecule has 1 nitrogen and oxygen atoms in total. The number of rotatable bonds is 1. The fourth-order valence-electron chi connectivity index (χ4n) is 6.49. The number of benzene rings is 1. The van der Waals surface area contributed by atoms with Gasteiger partial charge < -0.3 is 0 Å². The van der Waals surface area contributed by atoms with Crippen LogP contribution >= 0.6 is 0 Å². The highest BCUT2D eigenvalue weighted by Crippen LogP contribution is 2.56. The monoisotopic (exact) mass is 404 g/mol. The zero-order valence-electron chi connectivity index (χ0n) is 21.1. The second-order valence-corrected chi connectivity index (χ2v) is 12.7. The highest BCUT2D eigenvalue weighted by molar-refractivity contribution is 5.70. The second-order valence-electron chi connectivity index (χ2n) is 12.7. The molecule has 0 spiro atoms. The van der Waals surface area contributed by atoms with Crippen LogP contribution in [0.3, 0.4) is 0 Å². The van der Waals surface area contributed by atoms with E-state index in [2.05, 4.69) is 98.2 Å². The molecule has 30 heavy (non-hydrogen) atoms. The quantitative estimate of drug-likeness (QED) is 0.443. The maximum atomic E-state index is 2.61. The van der Waals surface area contributed by atoms with Crippen molar-refractivity contribution in [3.63, 3.8) is 0 Å². The lowest BCUT2D eigenvalue weighted by atomic mass is 9.55. The van der Waals surface area contributed by atoms with Gasteiger partial charge in [-0.2, -0.15) is 4.57 Å². The molecule has 1 aromatic heterocycles. The van der Waals surface area contributed by atoms with Crippen LogP contribution in [0.5, 0.6) is 0 Å². The summed E-state index contributed by atoms with van der Waals surface area (Å²) in [6.45, 7) is 22.2. The average molecular weight is 405 g/mol. The Hall–Kier alpha value is -1.63. The zero-order chi connectivity index (χ0) is 22.3. The van der Waals surface area contributed by atoms with Crippen LogP contribution in [0, 0.1) is 6.92 Å². The van der Waals surface area contributed by atoms with E-state index < -0.39 is 0 Å². The Morgan fingerprint density at radius 3 is 1.67 bits per heavy atom. The summed E-state index contributed by atoms with van der Waals surface area (Å²) in [6.07, 6.45) is 5.02. The van der Waals surface area contributed by atoms with Gasteiger partial charge in [0.05, 0.1) is 0 Å². The Morgan fingerprint density at radius 2 is 1.10 bits per heavy atom. The first-order valence-electron chi connectivity index (χ1n) is 11.9. The molecule has 1 heterocycles. The Labute approximate surface area is 184 Å². The van der Waals surface area contributed by atoms with Crippen LogP contribution in [-0.2, 0) is 28.7 Å². The molecule has 0 radical (unpaired) electrons. The average Bonchev–Trinajstić information content (AvgIpc) is 2.63. The molecule has 0 fully saturated rings. The van der Waals surface area contributed by atoms with Crippen molar-refractivity contribution in [1.29, 1.82) is 0 Å². The molecule has 0 unspecified atom stereocenters. The summed E-state index contributed by atoms with van der Waals surface area (Å²) in [5, 5.41) is 0. The van der Waals surface area contributed by atoms with Crippen molar-refractivity contribution in [2.45, 2.75) is 110 Å². The van der Waals surface area contributed by atoms with Gasteiger partial charge in [0.1, 0.15) is 7.05 Å². The lowest BCUT2D eigenvalue weighted by Crippen LogP contribution is -2.53. The topological polar surface area (TPSA) is 3.88 Å². The molecule has 0 amide bonds. The first-order chi connectivity index (χ1) is 13.7. The molecule has 1 aromatic carbocycles. The summed E-state index contributed by atoms with van der Waals surface area (Å²) in [5.74, 6) is 0. The van der Waals surface area contributed by atoms with Crippen LogP contribution < -0.4 is 4.57 Å². The smallest absolute Gasteiger partial charge is 0.197 e. The van der Waals surface area contributed by atoms with Gasteiger partial charge >= 0.3 is 0 Å². The van der Waals surface area contributed by atoms with Crippen LogP contribution in [0.2, 0.25) is 0 Å². The van der Waals surface area contributed by atoms with Gasteiger partial charge in [0.2, 0.25) is 5.69 Å². The normalized spacial score (nSPS) is 22.9. The molecule has 2 aliphatic carbocycles. The fourth-order valence-corrected chi connectivity index (χ4v) is 6.49. The molecule has 0 atom stereocenters. The lowest BCUT2D eigenvalue weighted by Gasteiger charge is -2.48. The Kier molecular flexibility index (Phi) is 4.63. The van der Waals surface area contributed by atoms with Crippen molar-refractivity contribution in [1.82, 2.24) is 0 Å². The van der Waals surface area contributed by atoms with E-state index in [9.17, 15) is 0 Å². The van der Waals surface area contributed by atoms with Crippen molar-refractivity contribution in [3.05, 3.63) is 52.2 Å². The third-order valence-corrected chi connectivity index (χ3v) is 8.47. The Balaban J connectivity index is 2.29. The highest BCUT2D eigenvalue weighted by atomic mass is 15.0. The van der Waals surface area contributed by atoms with E-state index in [-0.39, 0.29) is 21.7 Å². The Morgan fingerprint density at radius 1 is 0.633 bits per heavy atom. The van der Waals surface area contributed by atoms with Crippen LogP contribution in [0.4, 0.5) is 0 Å². The number of aryl methyl sites for hydroxylation is 1. The third-order valence-electron chi connectivity index (χ3n) is 8.47. The predicted molar refractivity (Wildman–Crippen MR) is 128 cm³/mol. The van der Waals surface area contributed by atoms with Crippen LogP contribution in [0.15, 0.2) is 24.3 Å². The van der Waals surface area contributed by atoms with E-state index in [0.29, 0.717) is 0 Å². The van der Waals surface area contributed by atoms with Gasteiger partial charge in [0, 0.05) is 22.1 Å². The molecule has 0 N–H and O–H groups in total. The summed E-state index contributed by atoms with van der Waals surface area (Å²) in [4.78, 5) is 0. The SMILES string of the molecule is Cc1ccccc1-c1c2c(c3c([n+]1C)C(C)(C)CCC3(C)C)C(C)(C)CCC2(C)C. The standard InChI is InChI=1S/C29H42N/c1-19-13-11-12-14-20(19)24-22-21(26(2,3)15-16-27(22,4)5)23-25(30(24)10)29(8,9)18-17-28(23,6)7/h11-14H,15-18H2,1-10H3/q+1. The maximum Gasteiger partial charge on any atom is 0.216 e. The summed E-state index contributed by atoms with van der Waals surface area (Å²) >= 11 is 0. The molecule has 0 saturated heterocycles. The van der Waals surface area contributed by atoms with Gasteiger partial charge in [0.15, 0.2) is 5.69 Å². The number of fused-ring (bicyclic) bond motifs is 3. The molecule has 2 aliphatic rings. The van der Waals surface area contributed by atoms with Crippen molar-refractivity contribution in [2.75, 3.05) is 0 Å². The van der Waals surface area contributed by atoms with Gasteiger partial charge in [-0.1, -0.05) is 59.7 Å². The van der Waals surface area contributed by atoms with E-state index in [0.717, 1.165) is 0 Å². The van der Waals surface area contributed by atoms with Crippen LogP contribution in [0.25, 0.3) is 11.3 Å². The predicted octanol–water partition coefficient (Wildman–Crippen LogP) is 7.18. The minimum absolute atomic E-state index is 0.174. The van der Waals surface area contributed by atoms with E-state index in [1.165, 1.54) is 42.5 Å². The van der Waals surface area contributed by atoms with Gasteiger partial charge in [-0.15, -0.1) is 0 Å². The van der Waals surface area contributed by atoms with E-state index >= 15 is 0 Å². The summed E-state index contributed by atoms with van der Waals surface area (Å²) in [7, 11) is 2.35. The first-order valence-corrected chi connectivity index (χ1v) is 11.9. The van der Waals surface area contributed by atoms with Gasteiger partial charge in [-0.3, -0.25) is 0 Å². The maximum absolute atomic E-state index is 2.61. The number of hydrogen-bond acceptors (Lipinski definition) is 0. The van der Waals surface area contributed by atoms with Gasteiger partial charge in [0.25, 0.3) is 0 Å².